The Balaban J connectivity index is 2.78. The first-order valence-electron chi connectivity index (χ1n) is 3.23. The van der Waals surface area contributed by atoms with Crippen molar-refractivity contribution >= 4 is 5.82 Å². The lowest BCUT2D eigenvalue weighted by Gasteiger charge is -1.97. The van der Waals surface area contributed by atoms with Crippen LogP contribution in [0.25, 0.3) is 0 Å². The van der Waals surface area contributed by atoms with Crippen molar-refractivity contribution in [2.75, 3.05) is 11.9 Å². The maximum Gasteiger partial charge on any atom is 0.290 e. The van der Waals surface area contributed by atoms with Crippen LogP contribution in [0.2, 0.25) is 0 Å². The summed E-state index contributed by atoms with van der Waals surface area (Å²) >= 11 is 0. The van der Waals surface area contributed by atoms with Gasteiger partial charge in [0.1, 0.15) is 0 Å². The molecule has 0 unspecified atom stereocenters. The molecule has 4 heteroatoms. The van der Waals surface area contributed by atoms with E-state index in [4.69, 9.17) is 0 Å². The van der Waals surface area contributed by atoms with Gasteiger partial charge in [-0.05, 0) is 0 Å². The highest BCUT2D eigenvalue weighted by Crippen LogP contribution is 1.87. The van der Waals surface area contributed by atoms with E-state index in [9.17, 15) is 4.79 Å². The number of hydrogen-bond donors (Lipinski definition) is 2. The summed E-state index contributed by atoms with van der Waals surface area (Å²) in [6.07, 6.45) is 4.67. The smallest absolute Gasteiger partial charge is 0.290 e. The Morgan fingerprint density at radius 3 is 3.27 bits per heavy atom. The molecular formula is C7H9N3O. The van der Waals surface area contributed by atoms with Gasteiger partial charge in [-0.3, -0.25) is 4.79 Å². The lowest BCUT2D eigenvalue weighted by atomic mass is 10.5. The number of nitrogens with one attached hydrogen (secondary N) is 2. The van der Waals surface area contributed by atoms with Crippen LogP contribution in [0.1, 0.15) is 0 Å². The van der Waals surface area contributed by atoms with Crippen molar-refractivity contribution in [2.45, 2.75) is 0 Å². The maximum atomic E-state index is 10.9. The largest absolute Gasteiger partial charge is 0.362 e. The molecule has 1 rings (SSSR count). The van der Waals surface area contributed by atoms with Crippen molar-refractivity contribution in [3.8, 4) is 0 Å². The van der Waals surface area contributed by atoms with Crippen LogP contribution in [0.5, 0.6) is 0 Å². The Labute approximate surface area is 64.0 Å². The van der Waals surface area contributed by atoms with Crippen LogP contribution in [0, 0.1) is 0 Å². The van der Waals surface area contributed by atoms with Crippen LogP contribution in [0.3, 0.4) is 0 Å². The van der Waals surface area contributed by atoms with Gasteiger partial charge < -0.3 is 10.3 Å². The number of anilines is 1. The number of nitrogens with zero attached hydrogens (tertiary/aromatic N) is 1. The molecule has 11 heavy (non-hydrogen) atoms. The topological polar surface area (TPSA) is 57.8 Å². The van der Waals surface area contributed by atoms with Gasteiger partial charge in [-0.2, -0.15) is 0 Å². The van der Waals surface area contributed by atoms with Crippen LogP contribution in [-0.2, 0) is 0 Å². The van der Waals surface area contributed by atoms with Crippen molar-refractivity contribution in [1.29, 1.82) is 0 Å². The fourth-order valence-corrected chi connectivity index (χ4v) is 0.647. The second kappa shape index (κ2) is 3.55. The van der Waals surface area contributed by atoms with Gasteiger partial charge in [0.2, 0.25) is 0 Å². The molecule has 0 fully saturated rings. The molecule has 0 spiro atoms. The average Bonchev–Trinajstić information content (AvgIpc) is 2.03. The van der Waals surface area contributed by atoms with E-state index in [2.05, 4.69) is 21.9 Å². The monoisotopic (exact) mass is 151 g/mol. The number of rotatable bonds is 3. The third-order valence-electron chi connectivity index (χ3n) is 1.12. The zero-order chi connectivity index (χ0) is 8.10. The van der Waals surface area contributed by atoms with Crippen molar-refractivity contribution in [1.82, 2.24) is 9.97 Å². The molecule has 0 radical (unpaired) electrons. The summed E-state index contributed by atoms with van der Waals surface area (Å²) in [7, 11) is 0. The molecule has 0 aliphatic heterocycles. The predicted molar refractivity (Wildman–Crippen MR) is 43.5 cm³/mol. The Morgan fingerprint density at radius 2 is 2.64 bits per heavy atom. The number of hydrogen-bond acceptors (Lipinski definition) is 3. The van der Waals surface area contributed by atoms with Crippen molar-refractivity contribution in [3.05, 3.63) is 35.4 Å². The Morgan fingerprint density at radius 1 is 1.82 bits per heavy atom. The van der Waals surface area contributed by atoms with Crippen molar-refractivity contribution < 1.29 is 0 Å². The third kappa shape index (κ3) is 1.93. The maximum absolute atomic E-state index is 10.9. The van der Waals surface area contributed by atoms with Crippen LogP contribution in [0.15, 0.2) is 29.8 Å². The van der Waals surface area contributed by atoms with Crippen LogP contribution >= 0.6 is 0 Å². The molecule has 0 saturated heterocycles. The van der Waals surface area contributed by atoms with Gasteiger partial charge in [0.05, 0.1) is 0 Å². The normalized spacial score (nSPS) is 9.09. The molecule has 0 aliphatic carbocycles. The second-order valence-electron chi connectivity index (χ2n) is 1.94. The van der Waals surface area contributed by atoms with E-state index in [1.807, 2.05) is 0 Å². The first-order valence-corrected chi connectivity index (χ1v) is 3.23. The molecule has 1 heterocycles. The van der Waals surface area contributed by atoms with Crippen LogP contribution in [0.4, 0.5) is 5.82 Å². The van der Waals surface area contributed by atoms with E-state index in [0.717, 1.165) is 0 Å². The molecule has 0 aromatic carbocycles. The standard InChI is InChI=1S/C7H9N3O/c1-2-3-8-6-7(11)10-5-4-9-6/h2,4-5H,1,3H2,(H,8,9)(H,10,11). The highest BCUT2D eigenvalue weighted by atomic mass is 16.1. The molecule has 1 aromatic rings. The Kier molecular flexibility index (Phi) is 2.43. The molecule has 0 bridgehead atoms. The van der Waals surface area contributed by atoms with Gasteiger partial charge >= 0.3 is 0 Å². The van der Waals surface area contributed by atoms with Crippen molar-refractivity contribution in [2.24, 2.45) is 0 Å². The van der Waals surface area contributed by atoms with Gasteiger partial charge in [-0.15, -0.1) is 6.58 Å². The summed E-state index contributed by atoms with van der Waals surface area (Å²) in [5, 5.41) is 2.79. The summed E-state index contributed by atoms with van der Waals surface area (Å²) in [6, 6.07) is 0. The van der Waals surface area contributed by atoms with Gasteiger partial charge in [-0.1, -0.05) is 6.08 Å². The zero-order valence-corrected chi connectivity index (χ0v) is 6.00. The van der Waals surface area contributed by atoms with Gasteiger partial charge in [0.15, 0.2) is 5.82 Å². The third-order valence-corrected chi connectivity index (χ3v) is 1.12. The second-order valence-corrected chi connectivity index (χ2v) is 1.94. The number of H-pyrrole nitrogens is 1. The summed E-state index contributed by atoms with van der Waals surface area (Å²) in [5.41, 5.74) is -0.214. The molecule has 1 aromatic heterocycles. The molecule has 58 valence electrons. The highest BCUT2D eigenvalue weighted by molar-refractivity contribution is 5.30. The molecule has 0 atom stereocenters. The summed E-state index contributed by atoms with van der Waals surface area (Å²) in [5.74, 6) is 0.326. The van der Waals surface area contributed by atoms with E-state index in [1.165, 1.54) is 12.4 Å². The molecule has 0 amide bonds. The van der Waals surface area contributed by atoms with Crippen LogP contribution < -0.4 is 10.9 Å². The first-order chi connectivity index (χ1) is 5.34. The molecule has 0 aliphatic rings. The van der Waals surface area contributed by atoms with Gasteiger partial charge in [0.25, 0.3) is 5.56 Å². The Bertz CT molecular complexity index is 292. The minimum atomic E-state index is -0.214. The van der Waals surface area contributed by atoms with E-state index in [-0.39, 0.29) is 5.56 Å². The number of aromatic nitrogens is 2. The Hall–Kier alpha value is -1.58. The highest BCUT2D eigenvalue weighted by Gasteiger charge is 1.94. The fraction of sp³-hybridized carbons (Fsp3) is 0.143. The van der Waals surface area contributed by atoms with Gasteiger partial charge in [-0.25, -0.2) is 4.98 Å². The summed E-state index contributed by atoms with van der Waals surface area (Å²) in [4.78, 5) is 17.2. The first kappa shape index (κ1) is 7.53. The molecule has 2 N–H and O–H groups in total. The predicted octanol–water partition coefficient (Wildman–Crippen LogP) is 0.368. The van der Waals surface area contributed by atoms with E-state index >= 15 is 0 Å². The van der Waals surface area contributed by atoms with E-state index in [0.29, 0.717) is 12.4 Å². The van der Waals surface area contributed by atoms with Gasteiger partial charge in [0, 0.05) is 18.9 Å². The SMILES string of the molecule is C=CCNc1ncc[nH]c1=O. The summed E-state index contributed by atoms with van der Waals surface area (Å²) < 4.78 is 0. The lowest BCUT2D eigenvalue weighted by Crippen LogP contribution is -2.14. The quantitative estimate of drug-likeness (QED) is 0.613. The fourth-order valence-electron chi connectivity index (χ4n) is 0.647. The summed E-state index contributed by atoms with van der Waals surface area (Å²) in [6.45, 7) is 4.04. The van der Waals surface area contributed by atoms with Crippen molar-refractivity contribution in [3.63, 3.8) is 0 Å². The average molecular weight is 151 g/mol. The van der Waals surface area contributed by atoms with E-state index < -0.39 is 0 Å². The zero-order valence-electron chi connectivity index (χ0n) is 6.00. The minimum Gasteiger partial charge on any atom is -0.362 e. The number of aromatic amines is 1. The minimum absolute atomic E-state index is 0.214. The molecular weight excluding hydrogens is 142 g/mol. The van der Waals surface area contributed by atoms with E-state index in [1.54, 1.807) is 6.08 Å². The lowest BCUT2D eigenvalue weighted by molar-refractivity contribution is 1.11. The molecule has 4 nitrogen and oxygen atoms in total. The van der Waals surface area contributed by atoms with Crippen LogP contribution in [-0.4, -0.2) is 16.5 Å². The molecule has 0 saturated carbocycles.